The maximum Gasteiger partial charge on any atom is 0.396 e. The lowest BCUT2D eigenvalue weighted by Crippen LogP contribution is -2.51. The van der Waals surface area contributed by atoms with E-state index in [1.165, 1.54) is 24.3 Å². The summed E-state index contributed by atoms with van der Waals surface area (Å²) in [6, 6.07) is 6.39. The van der Waals surface area contributed by atoms with Crippen molar-refractivity contribution in [2.24, 2.45) is 5.41 Å². The highest BCUT2D eigenvalue weighted by Gasteiger charge is 2.58. The number of nitrogens with one attached hydrogen (secondary N) is 2. The standard InChI is InChI=1S/C17H18F3N3O4S/c1-11-8-14(22-27-11)23-28(25,26)13-5-2-4-12(9-13)15(24)21-10-16(6-3-7-16)17(18,19)20/h2,4-5,8-9H,3,6-7,10H2,1H3,(H,21,24)(H,22,23). The molecule has 3 rings (SSSR count). The molecule has 11 heteroatoms. The van der Waals surface area contributed by atoms with Crippen molar-refractivity contribution in [2.75, 3.05) is 11.3 Å². The van der Waals surface area contributed by atoms with E-state index >= 15 is 0 Å². The Balaban J connectivity index is 1.73. The molecule has 0 spiro atoms. The fourth-order valence-electron chi connectivity index (χ4n) is 2.93. The van der Waals surface area contributed by atoms with E-state index in [1.807, 2.05) is 0 Å². The topological polar surface area (TPSA) is 101 Å². The molecule has 1 aromatic carbocycles. The van der Waals surface area contributed by atoms with Gasteiger partial charge in [-0.3, -0.25) is 9.52 Å². The molecule has 0 unspecified atom stereocenters. The number of nitrogens with zero attached hydrogens (tertiary/aromatic N) is 1. The molecule has 1 heterocycles. The number of alkyl halides is 3. The van der Waals surface area contributed by atoms with Crippen LogP contribution >= 0.6 is 0 Å². The third kappa shape index (κ3) is 3.98. The van der Waals surface area contributed by atoms with Crippen LogP contribution in [0, 0.1) is 12.3 Å². The number of carbonyl (C=O) groups is 1. The number of benzene rings is 1. The number of anilines is 1. The first kappa shape index (κ1) is 20.2. The molecular weight excluding hydrogens is 399 g/mol. The molecule has 7 nitrogen and oxygen atoms in total. The van der Waals surface area contributed by atoms with Gasteiger partial charge >= 0.3 is 6.18 Å². The van der Waals surface area contributed by atoms with Crippen molar-refractivity contribution in [2.45, 2.75) is 37.3 Å². The second kappa shape index (κ2) is 7.12. The van der Waals surface area contributed by atoms with Gasteiger partial charge in [-0.2, -0.15) is 13.2 Å². The van der Waals surface area contributed by atoms with Gasteiger partial charge in [-0.1, -0.05) is 17.6 Å². The molecule has 1 aliphatic carbocycles. The largest absolute Gasteiger partial charge is 0.396 e. The quantitative estimate of drug-likeness (QED) is 0.751. The fourth-order valence-corrected chi connectivity index (χ4v) is 3.96. The first-order chi connectivity index (χ1) is 13.0. The Bertz CT molecular complexity index is 982. The zero-order chi connectivity index (χ0) is 20.6. The summed E-state index contributed by atoms with van der Waals surface area (Å²) in [7, 11) is -4.05. The molecule has 0 bridgehead atoms. The van der Waals surface area contributed by atoms with Crippen molar-refractivity contribution < 1.29 is 30.9 Å². The summed E-state index contributed by atoms with van der Waals surface area (Å²) in [5.74, 6) is -0.394. The van der Waals surface area contributed by atoms with Crippen LogP contribution in [0.2, 0.25) is 0 Å². The molecule has 2 aromatic rings. The summed E-state index contributed by atoms with van der Waals surface area (Å²) in [4.78, 5) is 12.1. The Morgan fingerprint density at radius 2 is 2.00 bits per heavy atom. The van der Waals surface area contributed by atoms with Gasteiger partial charge in [0, 0.05) is 18.2 Å². The van der Waals surface area contributed by atoms with E-state index in [0.29, 0.717) is 12.2 Å². The predicted molar refractivity (Wildman–Crippen MR) is 93.2 cm³/mol. The third-order valence-corrected chi connectivity index (χ3v) is 6.13. The lowest BCUT2D eigenvalue weighted by Gasteiger charge is -2.43. The molecule has 28 heavy (non-hydrogen) atoms. The monoisotopic (exact) mass is 417 g/mol. The second-order valence-electron chi connectivity index (χ2n) is 6.77. The van der Waals surface area contributed by atoms with Gasteiger partial charge in [0.2, 0.25) is 0 Å². The van der Waals surface area contributed by atoms with Crippen LogP contribution in [0.15, 0.2) is 39.8 Å². The Labute approximate surface area is 159 Å². The van der Waals surface area contributed by atoms with Crippen LogP contribution in [0.3, 0.4) is 0 Å². The van der Waals surface area contributed by atoms with Gasteiger partial charge in [0.1, 0.15) is 5.76 Å². The van der Waals surface area contributed by atoms with Crippen molar-refractivity contribution >= 4 is 21.7 Å². The first-order valence-electron chi connectivity index (χ1n) is 8.44. The maximum absolute atomic E-state index is 13.2. The summed E-state index contributed by atoms with van der Waals surface area (Å²) < 4.78 is 71.4. The van der Waals surface area contributed by atoms with Crippen LogP contribution in [0.1, 0.15) is 35.4 Å². The number of aromatic nitrogens is 1. The average molecular weight is 417 g/mol. The molecule has 0 radical (unpaired) electrons. The van der Waals surface area contributed by atoms with Crippen LogP contribution in [-0.4, -0.2) is 32.2 Å². The molecule has 1 amide bonds. The summed E-state index contributed by atoms with van der Waals surface area (Å²) in [5.41, 5.74) is -1.96. The summed E-state index contributed by atoms with van der Waals surface area (Å²) in [5, 5.41) is 5.81. The normalized spacial score (nSPS) is 16.3. The van der Waals surface area contributed by atoms with Gasteiger partial charge in [0.15, 0.2) is 5.82 Å². The number of hydrogen-bond acceptors (Lipinski definition) is 5. The molecule has 152 valence electrons. The molecule has 0 atom stereocenters. The van der Waals surface area contributed by atoms with E-state index in [-0.39, 0.29) is 29.1 Å². The van der Waals surface area contributed by atoms with Crippen molar-refractivity contribution in [3.05, 3.63) is 41.7 Å². The maximum atomic E-state index is 13.2. The molecule has 0 aliphatic heterocycles. The van der Waals surface area contributed by atoms with E-state index < -0.39 is 34.1 Å². The second-order valence-corrected chi connectivity index (χ2v) is 8.45. The Morgan fingerprint density at radius 1 is 1.29 bits per heavy atom. The van der Waals surface area contributed by atoms with Crippen LogP contribution in [0.25, 0.3) is 0 Å². The summed E-state index contributed by atoms with van der Waals surface area (Å²) in [6.45, 7) is 1.05. The number of sulfonamides is 1. The zero-order valence-electron chi connectivity index (χ0n) is 14.8. The molecular formula is C17H18F3N3O4S. The molecule has 0 saturated heterocycles. The van der Waals surface area contributed by atoms with Crippen molar-refractivity contribution in [1.82, 2.24) is 10.5 Å². The van der Waals surface area contributed by atoms with Gasteiger partial charge in [0.25, 0.3) is 15.9 Å². The van der Waals surface area contributed by atoms with Crippen molar-refractivity contribution in [1.29, 1.82) is 0 Å². The van der Waals surface area contributed by atoms with Crippen molar-refractivity contribution in [3.63, 3.8) is 0 Å². The van der Waals surface area contributed by atoms with E-state index in [4.69, 9.17) is 4.52 Å². The molecule has 2 N–H and O–H groups in total. The number of aryl methyl sites for hydroxylation is 1. The lowest BCUT2D eigenvalue weighted by atomic mass is 9.68. The third-order valence-electron chi connectivity index (χ3n) is 4.77. The van der Waals surface area contributed by atoms with Crippen LogP contribution < -0.4 is 10.0 Å². The van der Waals surface area contributed by atoms with Gasteiger partial charge in [-0.15, -0.1) is 0 Å². The Kier molecular flexibility index (Phi) is 5.13. The highest BCUT2D eigenvalue weighted by molar-refractivity contribution is 7.92. The first-order valence-corrected chi connectivity index (χ1v) is 9.92. The zero-order valence-corrected chi connectivity index (χ0v) is 15.7. The summed E-state index contributed by atoms with van der Waals surface area (Å²) in [6.07, 6.45) is -4.02. The summed E-state index contributed by atoms with van der Waals surface area (Å²) >= 11 is 0. The van der Waals surface area contributed by atoms with Gasteiger partial charge in [-0.05, 0) is 38.0 Å². The SMILES string of the molecule is Cc1cc(NS(=O)(=O)c2cccc(C(=O)NCC3(C(F)(F)F)CCC3)c2)no1. The molecule has 1 aliphatic rings. The lowest BCUT2D eigenvalue weighted by molar-refractivity contribution is -0.247. The Morgan fingerprint density at radius 3 is 2.54 bits per heavy atom. The van der Waals surface area contributed by atoms with E-state index in [9.17, 15) is 26.4 Å². The highest BCUT2D eigenvalue weighted by atomic mass is 32.2. The number of halogens is 3. The number of hydrogen-bond donors (Lipinski definition) is 2. The highest BCUT2D eigenvalue weighted by Crippen LogP contribution is 2.52. The molecule has 1 aromatic heterocycles. The minimum atomic E-state index is -4.40. The van der Waals surface area contributed by atoms with Gasteiger partial charge in [0.05, 0.1) is 10.3 Å². The number of amides is 1. The average Bonchev–Trinajstić information content (AvgIpc) is 2.96. The smallest absolute Gasteiger partial charge is 0.360 e. The van der Waals surface area contributed by atoms with Gasteiger partial charge in [-0.25, -0.2) is 8.42 Å². The Hall–Kier alpha value is -2.56. The van der Waals surface area contributed by atoms with Crippen LogP contribution in [-0.2, 0) is 10.0 Å². The predicted octanol–water partition coefficient (Wildman–Crippen LogP) is 3.25. The van der Waals surface area contributed by atoms with E-state index in [2.05, 4.69) is 15.2 Å². The minimum absolute atomic E-state index is 0.0237. The van der Waals surface area contributed by atoms with Crippen LogP contribution in [0.5, 0.6) is 0 Å². The van der Waals surface area contributed by atoms with Gasteiger partial charge < -0.3 is 9.84 Å². The molecule has 1 fully saturated rings. The van der Waals surface area contributed by atoms with Crippen LogP contribution in [0.4, 0.5) is 19.0 Å². The molecule has 1 saturated carbocycles. The van der Waals surface area contributed by atoms with Crippen molar-refractivity contribution in [3.8, 4) is 0 Å². The fraction of sp³-hybridized carbons (Fsp3) is 0.412. The van der Waals surface area contributed by atoms with E-state index in [0.717, 1.165) is 6.07 Å². The minimum Gasteiger partial charge on any atom is -0.360 e. The van der Waals surface area contributed by atoms with E-state index in [1.54, 1.807) is 6.92 Å². The number of carbonyl (C=O) groups excluding carboxylic acids is 1. The number of rotatable bonds is 6.